The van der Waals surface area contributed by atoms with E-state index in [1.165, 1.54) is 5.56 Å². The number of carbonyl (C=O) groups is 2. The molecule has 1 aliphatic rings. The van der Waals surface area contributed by atoms with Crippen molar-refractivity contribution in [2.75, 3.05) is 32.8 Å². The Morgan fingerprint density at radius 2 is 1.65 bits per heavy atom. The van der Waals surface area contributed by atoms with Crippen LogP contribution in [0.1, 0.15) is 24.0 Å². The van der Waals surface area contributed by atoms with E-state index >= 15 is 0 Å². The Bertz CT molecular complexity index is 925. The fraction of sp³-hybridized carbons (Fsp3) is 0.320. The third-order valence-electron chi connectivity index (χ3n) is 5.24. The molecule has 31 heavy (non-hydrogen) atoms. The van der Waals surface area contributed by atoms with Crippen LogP contribution in [0.4, 0.5) is 0 Å². The van der Waals surface area contributed by atoms with Crippen LogP contribution < -0.4 is 4.74 Å². The standard InChI is InChI=1S/C25H27N3O3/c26-15-20-31-23-12-9-22(10-13-23)11-14-25(30)28-18-16-27(17-19-28)24(29)8-4-7-21-5-2-1-3-6-21/h1-3,5-6,9-14H,4,7-8,16-20H2/b14-11+. The zero-order chi connectivity index (χ0) is 21.9. The average molecular weight is 418 g/mol. The van der Waals surface area contributed by atoms with E-state index in [0.717, 1.165) is 18.4 Å². The van der Waals surface area contributed by atoms with Crippen LogP contribution in [-0.4, -0.2) is 54.4 Å². The molecule has 0 aliphatic carbocycles. The summed E-state index contributed by atoms with van der Waals surface area (Å²) in [4.78, 5) is 28.5. The van der Waals surface area contributed by atoms with Gasteiger partial charge in [-0.2, -0.15) is 5.26 Å². The molecule has 0 radical (unpaired) electrons. The lowest BCUT2D eigenvalue weighted by molar-refractivity contribution is -0.137. The van der Waals surface area contributed by atoms with Crippen molar-refractivity contribution in [1.82, 2.24) is 9.80 Å². The largest absolute Gasteiger partial charge is 0.479 e. The fourth-order valence-electron chi connectivity index (χ4n) is 3.49. The van der Waals surface area contributed by atoms with Crippen molar-refractivity contribution in [2.24, 2.45) is 0 Å². The summed E-state index contributed by atoms with van der Waals surface area (Å²) >= 11 is 0. The SMILES string of the molecule is N#CCOc1ccc(/C=C/C(=O)N2CCN(C(=O)CCCc3ccccc3)CC2)cc1. The number of nitrogens with zero attached hydrogens (tertiary/aromatic N) is 3. The van der Waals surface area contributed by atoms with E-state index in [-0.39, 0.29) is 18.4 Å². The van der Waals surface area contributed by atoms with Gasteiger partial charge < -0.3 is 14.5 Å². The number of nitriles is 1. The van der Waals surface area contributed by atoms with Crippen molar-refractivity contribution in [3.05, 3.63) is 71.8 Å². The highest BCUT2D eigenvalue weighted by Gasteiger charge is 2.22. The van der Waals surface area contributed by atoms with Gasteiger partial charge in [0.25, 0.3) is 0 Å². The topological polar surface area (TPSA) is 73.6 Å². The van der Waals surface area contributed by atoms with Gasteiger partial charge in [-0.05, 0) is 42.2 Å². The molecule has 1 aliphatic heterocycles. The highest BCUT2D eigenvalue weighted by molar-refractivity contribution is 5.92. The van der Waals surface area contributed by atoms with E-state index in [1.807, 2.05) is 41.3 Å². The normalized spacial score (nSPS) is 13.8. The summed E-state index contributed by atoms with van der Waals surface area (Å²) in [6.07, 6.45) is 5.60. The summed E-state index contributed by atoms with van der Waals surface area (Å²) in [6.45, 7) is 2.27. The Hall–Kier alpha value is -3.59. The number of piperazine rings is 1. The molecule has 2 aromatic carbocycles. The molecule has 0 spiro atoms. The fourth-order valence-corrected chi connectivity index (χ4v) is 3.49. The second-order valence-electron chi connectivity index (χ2n) is 7.39. The van der Waals surface area contributed by atoms with Crippen molar-refractivity contribution in [3.8, 4) is 11.8 Å². The number of aryl methyl sites for hydroxylation is 1. The predicted molar refractivity (Wildman–Crippen MR) is 119 cm³/mol. The van der Waals surface area contributed by atoms with E-state index in [9.17, 15) is 9.59 Å². The second kappa shape index (κ2) is 11.6. The van der Waals surface area contributed by atoms with Crippen LogP contribution in [0.2, 0.25) is 0 Å². The number of amides is 2. The van der Waals surface area contributed by atoms with E-state index in [2.05, 4.69) is 12.1 Å². The predicted octanol–water partition coefficient (Wildman–Crippen LogP) is 3.30. The minimum absolute atomic E-state index is 0.00911. The minimum atomic E-state index is -0.0546. The lowest BCUT2D eigenvalue weighted by Crippen LogP contribution is -2.50. The van der Waals surface area contributed by atoms with Gasteiger partial charge in [-0.3, -0.25) is 9.59 Å². The molecule has 2 aromatic rings. The van der Waals surface area contributed by atoms with Crippen molar-refractivity contribution in [2.45, 2.75) is 19.3 Å². The molecule has 1 saturated heterocycles. The first kappa shape index (κ1) is 22.1. The molecule has 6 nitrogen and oxygen atoms in total. The molecule has 1 heterocycles. The lowest BCUT2D eigenvalue weighted by atomic mass is 10.1. The van der Waals surface area contributed by atoms with E-state index in [4.69, 9.17) is 10.00 Å². The summed E-state index contributed by atoms with van der Waals surface area (Å²) in [7, 11) is 0. The van der Waals surface area contributed by atoms with Gasteiger partial charge in [0, 0.05) is 38.7 Å². The summed E-state index contributed by atoms with van der Waals surface area (Å²) in [5, 5.41) is 8.53. The van der Waals surface area contributed by atoms with Crippen LogP contribution in [0.15, 0.2) is 60.7 Å². The Morgan fingerprint density at radius 3 is 2.32 bits per heavy atom. The van der Waals surface area contributed by atoms with E-state index in [1.54, 1.807) is 29.2 Å². The van der Waals surface area contributed by atoms with Gasteiger partial charge in [0.05, 0.1) is 0 Å². The number of rotatable bonds is 8. The summed E-state index contributed by atoms with van der Waals surface area (Å²) < 4.78 is 5.21. The lowest BCUT2D eigenvalue weighted by Gasteiger charge is -2.34. The van der Waals surface area contributed by atoms with E-state index < -0.39 is 0 Å². The quantitative estimate of drug-likeness (QED) is 0.618. The smallest absolute Gasteiger partial charge is 0.246 e. The first-order valence-electron chi connectivity index (χ1n) is 10.5. The van der Waals surface area contributed by atoms with Crippen LogP contribution in [0.3, 0.4) is 0 Å². The molecule has 0 aromatic heterocycles. The van der Waals surface area contributed by atoms with Crippen LogP contribution in [0.5, 0.6) is 5.75 Å². The second-order valence-corrected chi connectivity index (χ2v) is 7.39. The van der Waals surface area contributed by atoms with E-state index in [0.29, 0.717) is 38.3 Å². The third-order valence-corrected chi connectivity index (χ3v) is 5.24. The maximum Gasteiger partial charge on any atom is 0.246 e. The minimum Gasteiger partial charge on any atom is -0.479 e. The van der Waals surface area contributed by atoms with Crippen LogP contribution >= 0.6 is 0 Å². The highest BCUT2D eigenvalue weighted by Crippen LogP contribution is 2.14. The number of benzene rings is 2. The molecule has 6 heteroatoms. The molecule has 2 amide bonds. The summed E-state index contributed by atoms with van der Waals surface area (Å²) in [5.41, 5.74) is 2.13. The maximum absolute atomic E-state index is 12.5. The van der Waals surface area contributed by atoms with Gasteiger partial charge in [-0.15, -0.1) is 0 Å². The Labute approximate surface area is 183 Å². The van der Waals surface area contributed by atoms with Gasteiger partial charge in [-0.1, -0.05) is 42.5 Å². The van der Waals surface area contributed by atoms with Gasteiger partial charge >= 0.3 is 0 Å². The van der Waals surface area contributed by atoms with Crippen LogP contribution in [-0.2, 0) is 16.0 Å². The molecule has 160 valence electrons. The van der Waals surface area contributed by atoms with Gasteiger partial charge in [0.2, 0.25) is 11.8 Å². The van der Waals surface area contributed by atoms with Gasteiger partial charge in [0.1, 0.15) is 11.8 Å². The first-order chi connectivity index (χ1) is 15.2. The van der Waals surface area contributed by atoms with Crippen molar-refractivity contribution in [3.63, 3.8) is 0 Å². The molecule has 0 N–H and O–H groups in total. The van der Waals surface area contributed by atoms with Gasteiger partial charge in [0.15, 0.2) is 6.61 Å². The molecule has 1 fully saturated rings. The summed E-state index contributed by atoms with van der Waals surface area (Å²) in [6, 6.07) is 19.3. The zero-order valence-corrected chi connectivity index (χ0v) is 17.6. The molecule has 0 saturated carbocycles. The molecule has 0 bridgehead atoms. The zero-order valence-electron chi connectivity index (χ0n) is 17.6. The maximum atomic E-state index is 12.5. The third kappa shape index (κ3) is 7.00. The van der Waals surface area contributed by atoms with Crippen molar-refractivity contribution < 1.29 is 14.3 Å². The number of hydrogen-bond acceptors (Lipinski definition) is 4. The molecular formula is C25H27N3O3. The Balaban J connectivity index is 1.39. The number of carbonyl (C=O) groups excluding carboxylic acids is 2. The Kier molecular flexibility index (Phi) is 8.24. The number of ether oxygens (including phenoxy) is 1. The molecular weight excluding hydrogens is 390 g/mol. The molecule has 0 atom stereocenters. The van der Waals surface area contributed by atoms with Crippen molar-refractivity contribution >= 4 is 17.9 Å². The highest BCUT2D eigenvalue weighted by atomic mass is 16.5. The molecule has 0 unspecified atom stereocenters. The first-order valence-corrected chi connectivity index (χ1v) is 10.5. The number of hydrogen-bond donors (Lipinski definition) is 0. The monoisotopic (exact) mass is 417 g/mol. The van der Waals surface area contributed by atoms with Gasteiger partial charge in [-0.25, -0.2) is 0 Å². The summed E-state index contributed by atoms with van der Waals surface area (Å²) in [5.74, 6) is 0.729. The van der Waals surface area contributed by atoms with Crippen molar-refractivity contribution in [1.29, 1.82) is 5.26 Å². The van der Waals surface area contributed by atoms with Crippen LogP contribution in [0.25, 0.3) is 6.08 Å². The van der Waals surface area contributed by atoms with Crippen LogP contribution in [0, 0.1) is 11.3 Å². The Morgan fingerprint density at radius 1 is 0.968 bits per heavy atom. The average Bonchev–Trinajstić information content (AvgIpc) is 2.82. The molecule has 3 rings (SSSR count).